The number of hydrogen-bond acceptors (Lipinski definition) is 3. The summed E-state index contributed by atoms with van der Waals surface area (Å²) >= 11 is 5.87. The van der Waals surface area contributed by atoms with Crippen molar-refractivity contribution in [2.24, 2.45) is 0 Å². The summed E-state index contributed by atoms with van der Waals surface area (Å²) in [6.45, 7) is 5.54. The first-order valence-corrected chi connectivity index (χ1v) is 7.01. The maximum Gasteiger partial charge on any atom is 0.349 e. The highest BCUT2D eigenvalue weighted by Gasteiger charge is 2.11. The molecule has 2 rings (SSSR count). The zero-order valence-electron chi connectivity index (χ0n) is 12.3. The van der Waals surface area contributed by atoms with E-state index in [0.29, 0.717) is 16.5 Å². The van der Waals surface area contributed by atoms with Crippen molar-refractivity contribution in [2.75, 3.05) is 6.61 Å². The van der Waals surface area contributed by atoms with Gasteiger partial charge < -0.3 is 9.47 Å². The fourth-order valence-corrected chi connectivity index (χ4v) is 2.24. The molecule has 0 N–H and O–H groups in total. The van der Waals surface area contributed by atoms with Gasteiger partial charge in [-0.3, -0.25) is 0 Å². The van der Waals surface area contributed by atoms with E-state index in [-0.39, 0.29) is 6.61 Å². The van der Waals surface area contributed by atoms with E-state index in [9.17, 15) is 4.79 Å². The molecule has 0 fully saturated rings. The lowest BCUT2D eigenvalue weighted by Gasteiger charge is -2.12. The third kappa shape index (κ3) is 3.99. The molecule has 0 unspecified atom stereocenters. The monoisotopic (exact) mass is 304 g/mol. The molecule has 0 spiro atoms. The molecule has 0 aliphatic heterocycles. The Labute approximate surface area is 129 Å². The zero-order chi connectivity index (χ0) is 15.4. The highest BCUT2D eigenvalue weighted by atomic mass is 35.5. The van der Waals surface area contributed by atoms with Crippen LogP contribution < -0.4 is 9.47 Å². The summed E-state index contributed by atoms with van der Waals surface area (Å²) in [4.78, 5) is 11.9. The van der Waals surface area contributed by atoms with E-state index in [2.05, 4.69) is 0 Å². The summed E-state index contributed by atoms with van der Waals surface area (Å²) in [5, 5.41) is 0.637. The lowest BCUT2D eigenvalue weighted by atomic mass is 10.1. The number of rotatable bonds is 4. The van der Waals surface area contributed by atoms with Gasteiger partial charge in [0, 0.05) is 5.02 Å². The van der Waals surface area contributed by atoms with Crippen molar-refractivity contribution in [1.82, 2.24) is 0 Å². The van der Waals surface area contributed by atoms with Crippen LogP contribution in [0.4, 0.5) is 0 Å². The average molecular weight is 305 g/mol. The van der Waals surface area contributed by atoms with Crippen molar-refractivity contribution in [3.05, 3.63) is 58.1 Å². The summed E-state index contributed by atoms with van der Waals surface area (Å²) < 4.78 is 10.8. The van der Waals surface area contributed by atoms with Crippen LogP contribution in [0, 0.1) is 20.8 Å². The first-order chi connectivity index (χ1) is 9.97. The van der Waals surface area contributed by atoms with E-state index in [1.165, 1.54) is 0 Å². The Morgan fingerprint density at radius 2 is 1.71 bits per heavy atom. The molecule has 0 aliphatic carbocycles. The van der Waals surface area contributed by atoms with Crippen LogP contribution in [0.2, 0.25) is 5.02 Å². The fourth-order valence-electron chi connectivity index (χ4n) is 2.01. The Morgan fingerprint density at radius 3 is 2.33 bits per heavy atom. The van der Waals surface area contributed by atoms with Crippen molar-refractivity contribution in [2.45, 2.75) is 20.8 Å². The number of benzene rings is 2. The van der Waals surface area contributed by atoms with Gasteiger partial charge in [-0.1, -0.05) is 29.8 Å². The topological polar surface area (TPSA) is 35.5 Å². The Bertz CT molecular complexity index is 645. The minimum absolute atomic E-state index is 0.143. The molecule has 0 saturated heterocycles. The molecule has 0 atom stereocenters. The molecule has 2 aromatic rings. The maximum absolute atomic E-state index is 11.9. The van der Waals surface area contributed by atoms with Crippen LogP contribution in [0.1, 0.15) is 16.7 Å². The standard InChI is InChI=1S/C17H17ClO3/c1-11-5-4-6-12(2)17(11)21-16(19)10-20-15-8-7-14(18)9-13(15)3/h4-9H,10H2,1-3H3. The number of esters is 1. The predicted molar refractivity (Wildman–Crippen MR) is 83.2 cm³/mol. The lowest BCUT2D eigenvalue weighted by Crippen LogP contribution is -2.18. The highest BCUT2D eigenvalue weighted by molar-refractivity contribution is 6.30. The van der Waals surface area contributed by atoms with E-state index in [0.717, 1.165) is 16.7 Å². The van der Waals surface area contributed by atoms with Crippen molar-refractivity contribution < 1.29 is 14.3 Å². The number of carbonyl (C=O) groups excluding carboxylic acids is 1. The second-order valence-electron chi connectivity index (χ2n) is 4.89. The van der Waals surface area contributed by atoms with Gasteiger partial charge in [0.15, 0.2) is 6.61 Å². The Balaban J connectivity index is 1.99. The molecule has 3 nitrogen and oxygen atoms in total. The SMILES string of the molecule is Cc1cc(Cl)ccc1OCC(=O)Oc1c(C)cccc1C. The minimum Gasteiger partial charge on any atom is -0.482 e. The van der Waals surface area contributed by atoms with Gasteiger partial charge in [0.1, 0.15) is 11.5 Å². The normalized spacial score (nSPS) is 10.3. The summed E-state index contributed by atoms with van der Waals surface area (Å²) in [6, 6.07) is 11.0. The zero-order valence-corrected chi connectivity index (χ0v) is 13.0. The number of carbonyl (C=O) groups is 1. The van der Waals surface area contributed by atoms with Gasteiger partial charge in [0.25, 0.3) is 0 Å². The van der Waals surface area contributed by atoms with E-state index < -0.39 is 5.97 Å². The van der Waals surface area contributed by atoms with Gasteiger partial charge in [-0.2, -0.15) is 0 Å². The third-order valence-corrected chi connectivity index (χ3v) is 3.34. The highest BCUT2D eigenvalue weighted by Crippen LogP contribution is 2.24. The largest absolute Gasteiger partial charge is 0.482 e. The number of aryl methyl sites for hydroxylation is 3. The van der Waals surface area contributed by atoms with Crippen LogP contribution in [-0.4, -0.2) is 12.6 Å². The second-order valence-corrected chi connectivity index (χ2v) is 5.33. The molecule has 0 aliphatic rings. The smallest absolute Gasteiger partial charge is 0.349 e. The molecule has 0 heterocycles. The number of ether oxygens (including phenoxy) is 2. The molecule has 0 saturated carbocycles. The average Bonchev–Trinajstić information content (AvgIpc) is 2.42. The predicted octanol–water partition coefficient (Wildman–Crippen LogP) is 4.25. The molecule has 0 radical (unpaired) electrons. The number of hydrogen-bond donors (Lipinski definition) is 0. The van der Waals surface area contributed by atoms with Crippen LogP contribution in [0.15, 0.2) is 36.4 Å². The molecule has 0 bridgehead atoms. The van der Waals surface area contributed by atoms with Gasteiger partial charge in [-0.05, 0) is 55.7 Å². The molecule has 2 aromatic carbocycles. The minimum atomic E-state index is -0.429. The summed E-state index contributed by atoms with van der Waals surface area (Å²) in [5.74, 6) is 0.790. The van der Waals surface area contributed by atoms with Crippen molar-refractivity contribution in [3.63, 3.8) is 0 Å². The van der Waals surface area contributed by atoms with E-state index in [1.807, 2.05) is 39.0 Å². The van der Waals surface area contributed by atoms with Crippen LogP contribution in [0.5, 0.6) is 11.5 Å². The molecule has 110 valence electrons. The van der Waals surface area contributed by atoms with E-state index in [4.69, 9.17) is 21.1 Å². The van der Waals surface area contributed by atoms with Gasteiger partial charge in [0.2, 0.25) is 0 Å². The van der Waals surface area contributed by atoms with Gasteiger partial charge in [-0.15, -0.1) is 0 Å². The molecular weight excluding hydrogens is 288 g/mol. The third-order valence-electron chi connectivity index (χ3n) is 3.11. The van der Waals surface area contributed by atoms with Crippen molar-refractivity contribution in [1.29, 1.82) is 0 Å². The van der Waals surface area contributed by atoms with Crippen molar-refractivity contribution in [3.8, 4) is 11.5 Å². The van der Waals surface area contributed by atoms with Gasteiger partial charge in [-0.25, -0.2) is 4.79 Å². The summed E-state index contributed by atoms with van der Waals surface area (Å²) in [6.07, 6.45) is 0. The van der Waals surface area contributed by atoms with E-state index in [1.54, 1.807) is 18.2 Å². The Morgan fingerprint density at radius 1 is 1.05 bits per heavy atom. The van der Waals surface area contributed by atoms with Crippen LogP contribution in [0.3, 0.4) is 0 Å². The van der Waals surface area contributed by atoms with Gasteiger partial charge in [0.05, 0.1) is 0 Å². The van der Waals surface area contributed by atoms with Crippen LogP contribution in [0.25, 0.3) is 0 Å². The molecular formula is C17H17ClO3. The van der Waals surface area contributed by atoms with E-state index >= 15 is 0 Å². The number of para-hydroxylation sites is 1. The quantitative estimate of drug-likeness (QED) is 0.626. The molecule has 4 heteroatoms. The number of halogens is 1. The fraction of sp³-hybridized carbons (Fsp3) is 0.235. The summed E-state index contributed by atoms with van der Waals surface area (Å²) in [7, 11) is 0. The van der Waals surface area contributed by atoms with Gasteiger partial charge >= 0.3 is 5.97 Å². The van der Waals surface area contributed by atoms with Crippen LogP contribution >= 0.6 is 11.6 Å². The first-order valence-electron chi connectivity index (χ1n) is 6.63. The summed E-state index contributed by atoms with van der Waals surface area (Å²) in [5.41, 5.74) is 2.72. The van der Waals surface area contributed by atoms with Crippen LogP contribution in [-0.2, 0) is 4.79 Å². The Hall–Kier alpha value is -2.00. The Kier molecular flexibility index (Phi) is 4.86. The molecule has 21 heavy (non-hydrogen) atoms. The first kappa shape index (κ1) is 15.4. The second kappa shape index (κ2) is 6.64. The van der Waals surface area contributed by atoms with Crippen molar-refractivity contribution >= 4 is 17.6 Å². The molecule has 0 aromatic heterocycles. The lowest BCUT2D eigenvalue weighted by molar-refractivity contribution is -0.136. The molecule has 0 amide bonds. The maximum atomic E-state index is 11.9.